The van der Waals surface area contributed by atoms with E-state index in [2.05, 4.69) is 38.8 Å². The van der Waals surface area contributed by atoms with E-state index in [9.17, 15) is 38.7 Å². The highest BCUT2D eigenvalue weighted by Crippen LogP contribution is 2.11. The number of unbranched alkanes of at least 4 members (excludes halogenated alkanes) is 9. The van der Waals surface area contributed by atoms with E-state index in [4.69, 9.17) is 18.9 Å². The molecular formula is C47H80N6O12. The Balaban J connectivity index is 1.84. The SMILES string of the molecule is CCCCNC(=O)COCCOCCNC(=O)COCCOCCNC(=O)CCCNC(=O)CCCCCCCCCCCNC(=O)CCC(NC(=O)CCCc1ccccc1)C(=O)O. The van der Waals surface area contributed by atoms with E-state index < -0.39 is 12.0 Å². The topological polar surface area (TPSA) is 249 Å². The molecule has 0 radical (unpaired) electrons. The zero-order chi connectivity index (χ0) is 47.4. The zero-order valence-electron chi connectivity index (χ0n) is 39.0. The van der Waals surface area contributed by atoms with Gasteiger partial charge in [-0.15, -0.1) is 0 Å². The third-order valence-electron chi connectivity index (χ3n) is 10.0. The van der Waals surface area contributed by atoms with Crippen LogP contribution in [-0.2, 0) is 58.9 Å². The molecule has 1 rings (SSSR count). The van der Waals surface area contributed by atoms with Gasteiger partial charge in [-0.3, -0.25) is 28.8 Å². The van der Waals surface area contributed by atoms with Crippen molar-refractivity contribution in [2.75, 3.05) is 85.6 Å². The number of ether oxygens (including phenoxy) is 4. The maximum Gasteiger partial charge on any atom is 0.326 e. The average molecular weight is 921 g/mol. The molecule has 1 unspecified atom stereocenters. The van der Waals surface area contributed by atoms with Crippen molar-refractivity contribution < 1.29 is 57.6 Å². The number of amides is 6. The van der Waals surface area contributed by atoms with Crippen LogP contribution in [0.1, 0.15) is 128 Å². The number of carboxylic acid groups (broad SMARTS) is 1. The van der Waals surface area contributed by atoms with Crippen molar-refractivity contribution >= 4 is 41.4 Å². The van der Waals surface area contributed by atoms with Crippen LogP contribution in [0.15, 0.2) is 30.3 Å². The lowest BCUT2D eigenvalue weighted by molar-refractivity contribution is -0.142. The van der Waals surface area contributed by atoms with Crippen molar-refractivity contribution in [3.63, 3.8) is 0 Å². The molecule has 0 aliphatic carbocycles. The van der Waals surface area contributed by atoms with E-state index >= 15 is 0 Å². The van der Waals surface area contributed by atoms with E-state index in [0.29, 0.717) is 78.2 Å². The Morgan fingerprint density at radius 2 is 0.908 bits per heavy atom. The minimum absolute atomic E-state index is 0.000621. The van der Waals surface area contributed by atoms with Gasteiger partial charge in [-0.1, -0.05) is 88.6 Å². The van der Waals surface area contributed by atoms with Crippen molar-refractivity contribution in [2.24, 2.45) is 0 Å². The average Bonchev–Trinajstić information content (AvgIpc) is 3.29. The molecule has 0 aliphatic heterocycles. The Morgan fingerprint density at radius 1 is 0.462 bits per heavy atom. The normalized spacial score (nSPS) is 11.3. The number of carbonyl (C=O) groups excluding carboxylic acids is 6. The van der Waals surface area contributed by atoms with Gasteiger partial charge in [0, 0.05) is 58.4 Å². The standard InChI is InChI=1S/C47H80N6O12/c1-2-3-26-50-45(58)37-64-35-34-63-32-30-52-46(59)38-65-36-33-62-31-29-51-42(55)23-17-28-49-41(54)21-14-9-7-5-4-6-8-10-15-27-48-43(56)25-24-40(47(60)61)53-44(57)22-16-20-39-18-12-11-13-19-39/h11-13,18-19,40H,2-10,14-17,20-38H2,1H3,(H,48,56)(H,49,54)(H,50,58)(H,51,55)(H,52,59)(H,53,57)(H,60,61). The minimum Gasteiger partial charge on any atom is -0.480 e. The first-order valence-corrected chi connectivity index (χ1v) is 23.8. The molecule has 370 valence electrons. The molecule has 1 atom stereocenters. The molecule has 0 saturated carbocycles. The molecule has 1 aromatic carbocycles. The molecule has 18 heteroatoms. The second-order valence-electron chi connectivity index (χ2n) is 15.8. The van der Waals surface area contributed by atoms with Crippen LogP contribution in [0.4, 0.5) is 0 Å². The van der Waals surface area contributed by atoms with Gasteiger partial charge in [0.25, 0.3) is 0 Å². The summed E-state index contributed by atoms with van der Waals surface area (Å²) in [6.45, 7) is 6.01. The minimum atomic E-state index is -1.14. The molecule has 0 bridgehead atoms. The Kier molecular flexibility index (Phi) is 37.7. The summed E-state index contributed by atoms with van der Waals surface area (Å²) in [4.78, 5) is 83.7. The van der Waals surface area contributed by atoms with E-state index in [1.54, 1.807) is 0 Å². The number of carboxylic acids is 1. The summed E-state index contributed by atoms with van der Waals surface area (Å²) in [5, 5.41) is 26.0. The second-order valence-corrected chi connectivity index (χ2v) is 15.8. The van der Waals surface area contributed by atoms with Gasteiger partial charge in [-0.2, -0.15) is 0 Å². The molecule has 0 heterocycles. The first kappa shape index (κ1) is 58.4. The van der Waals surface area contributed by atoms with E-state index in [1.807, 2.05) is 30.3 Å². The number of aliphatic carboxylic acids is 1. The summed E-state index contributed by atoms with van der Waals surface area (Å²) in [5.41, 5.74) is 1.12. The predicted octanol–water partition coefficient (Wildman–Crippen LogP) is 3.49. The Bertz CT molecular complexity index is 1440. The van der Waals surface area contributed by atoms with Crippen molar-refractivity contribution in [1.82, 2.24) is 31.9 Å². The van der Waals surface area contributed by atoms with Gasteiger partial charge in [0.15, 0.2) is 0 Å². The van der Waals surface area contributed by atoms with Gasteiger partial charge in [-0.25, -0.2) is 4.79 Å². The monoisotopic (exact) mass is 921 g/mol. The van der Waals surface area contributed by atoms with Gasteiger partial charge in [0.1, 0.15) is 19.3 Å². The quantitative estimate of drug-likeness (QED) is 0.0465. The molecule has 65 heavy (non-hydrogen) atoms. The zero-order valence-corrected chi connectivity index (χ0v) is 39.0. The summed E-state index contributed by atoms with van der Waals surface area (Å²) < 4.78 is 21.3. The third-order valence-corrected chi connectivity index (χ3v) is 10.0. The Morgan fingerprint density at radius 3 is 1.49 bits per heavy atom. The highest BCUT2D eigenvalue weighted by atomic mass is 16.5. The van der Waals surface area contributed by atoms with Crippen LogP contribution in [0.5, 0.6) is 0 Å². The van der Waals surface area contributed by atoms with Crippen LogP contribution in [0.25, 0.3) is 0 Å². The van der Waals surface area contributed by atoms with Gasteiger partial charge < -0.3 is 56.0 Å². The first-order chi connectivity index (χ1) is 31.6. The van der Waals surface area contributed by atoms with E-state index in [1.165, 1.54) is 0 Å². The van der Waals surface area contributed by atoms with E-state index in [0.717, 1.165) is 82.6 Å². The molecule has 0 saturated heterocycles. The number of carbonyl (C=O) groups is 7. The number of hydrogen-bond acceptors (Lipinski definition) is 11. The highest BCUT2D eigenvalue weighted by Gasteiger charge is 2.21. The fraction of sp³-hybridized carbons (Fsp3) is 0.723. The van der Waals surface area contributed by atoms with Crippen LogP contribution < -0.4 is 31.9 Å². The number of hydrogen-bond donors (Lipinski definition) is 7. The third kappa shape index (κ3) is 38.3. The van der Waals surface area contributed by atoms with Gasteiger partial charge in [-0.05, 0) is 50.5 Å². The van der Waals surface area contributed by atoms with Crippen LogP contribution in [0, 0.1) is 0 Å². The number of aryl methyl sites for hydroxylation is 1. The molecule has 6 amide bonds. The summed E-state index contributed by atoms with van der Waals surface area (Å²) in [6.07, 6.45) is 14.1. The van der Waals surface area contributed by atoms with Crippen molar-refractivity contribution in [2.45, 2.75) is 135 Å². The van der Waals surface area contributed by atoms with Gasteiger partial charge in [0.05, 0.1) is 39.6 Å². The molecule has 0 aromatic heterocycles. The molecule has 0 aliphatic rings. The molecule has 7 N–H and O–H groups in total. The lowest BCUT2D eigenvalue weighted by Crippen LogP contribution is -2.41. The molecule has 1 aromatic rings. The molecule has 18 nitrogen and oxygen atoms in total. The van der Waals surface area contributed by atoms with Crippen molar-refractivity contribution in [3.8, 4) is 0 Å². The fourth-order valence-electron chi connectivity index (χ4n) is 6.32. The summed E-state index contributed by atoms with van der Waals surface area (Å²) >= 11 is 0. The fourth-order valence-corrected chi connectivity index (χ4v) is 6.32. The summed E-state index contributed by atoms with van der Waals surface area (Å²) in [7, 11) is 0. The number of benzene rings is 1. The maximum absolute atomic E-state index is 12.2. The first-order valence-electron chi connectivity index (χ1n) is 23.8. The molecule has 0 fully saturated rings. The largest absolute Gasteiger partial charge is 0.480 e. The lowest BCUT2D eigenvalue weighted by atomic mass is 10.1. The van der Waals surface area contributed by atoms with Crippen LogP contribution in [-0.4, -0.2) is 138 Å². The van der Waals surface area contributed by atoms with Crippen LogP contribution >= 0.6 is 0 Å². The van der Waals surface area contributed by atoms with Crippen LogP contribution in [0.3, 0.4) is 0 Å². The smallest absolute Gasteiger partial charge is 0.326 e. The summed E-state index contributed by atoms with van der Waals surface area (Å²) in [5.74, 6) is -2.22. The molecular weight excluding hydrogens is 841 g/mol. The Hall–Kier alpha value is -4.65. The lowest BCUT2D eigenvalue weighted by Gasteiger charge is -2.14. The van der Waals surface area contributed by atoms with Gasteiger partial charge >= 0.3 is 5.97 Å². The van der Waals surface area contributed by atoms with E-state index in [-0.39, 0.29) is 87.7 Å². The molecule has 0 spiro atoms. The highest BCUT2D eigenvalue weighted by molar-refractivity contribution is 5.84. The van der Waals surface area contributed by atoms with Crippen LogP contribution in [0.2, 0.25) is 0 Å². The second kappa shape index (κ2) is 42.0. The van der Waals surface area contributed by atoms with Crippen molar-refractivity contribution in [1.29, 1.82) is 0 Å². The maximum atomic E-state index is 12.2. The predicted molar refractivity (Wildman–Crippen MR) is 247 cm³/mol. The number of rotatable bonds is 44. The summed E-state index contributed by atoms with van der Waals surface area (Å²) in [6, 6.07) is 8.70. The Labute approximate surface area is 386 Å². The van der Waals surface area contributed by atoms with Crippen molar-refractivity contribution in [3.05, 3.63) is 35.9 Å². The van der Waals surface area contributed by atoms with Gasteiger partial charge in [0.2, 0.25) is 35.4 Å². The number of nitrogens with one attached hydrogen (secondary N) is 6.